The van der Waals surface area contributed by atoms with Crippen molar-refractivity contribution in [3.63, 3.8) is 0 Å². The third-order valence-electron chi connectivity index (χ3n) is 6.57. The van der Waals surface area contributed by atoms with Crippen molar-refractivity contribution in [3.05, 3.63) is 63.5 Å². The van der Waals surface area contributed by atoms with E-state index in [0.29, 0.717) is 0 Å². The molecule has 0 aromatic rings. The summed E-state index contributed by atoms with van der Waals surface area (Å²) in [5.41, 5.74) is 0. The first-order valence-electron chi connectivity index (χ1n) is 9.49. The van der Waals surface area contributed by atoms with E-state index >= 15 is 0 Å². The van der Waals surface area contributed by atoms with Gasteiger partial charge in [-0.25, -0.2) is 0 Å². The van der Waals surface area contributed by atoms with Crippen LogP contribution in [0.5, 0.6) is 0 Å². The maximum absolute atomic E-state index is 4.93. The molecule has 0 heterocycles. The van der Waals surface area contributed by atoms with E-state index in [-0.39, 0.29) is 14.9 Å². The van der Waals surface area contributed by atoms with Gasteiger partial charge in [-0.05, 0) is 74.0 Å². The van der Waals surface area contributed by atoms with E-state index in [4.69, 9.17) is 17.0 Å². The zero-order valence-electron chi connectivity index (χ0n) is 16.3. The van der Waals surface area contributed by atoms with Crippen LogP contribution >= 0.6 is 17.0 Å². The third kappa shape index (κ3) is 6.22. The molecule has 26 heavy (non-hydrogen) atoms. The van der Waals surface area contributed by atoms with Gasteiger partial charge in [0.05, 0.1) is 0 Å². The Labute approximate surface area is 180 Å². The van der Waals surface area contributed by atoms with Gasteiger partial charge in [0.2, 0.25) is 0 Å². The minimum absolute atomic E-state index is 0. The Morgan fingerprint density at radius 3 is 1.46 bits per heavy atom. The average Bonchev–Trinajstić information content (AvgIpc) is 3.21. The van der Waals surface area contributed by atoms with Gasteiger partial charge in [0, 0.05) is 0 Å². The molecule has 2 fully saturated rings. The van der Waals surface area contributed by atoms with Gasteiger partial charge < -0.3 is 14.9 Å². The SMILES string of the molecule is C1=CC2CCC(CCCC3CCC4C=CC=CC43)C2C=C1.[CH3-].[CH3-].[Cl][Zr+2][Cl]. The zero-order valence-corrected chi connectivity index (χ0v) is 20.3. The Balaban J connectivity index is 0.000000635. The Morgan fingerprint density at radius 2 is 1.04 bits per heavy atom. The van der Waals surface area contributed by atoms with Gasteiger partial charge in [0.15, 0.2) is 0 Å². The molecule has 0 spiro atoms. The molecule has 0 radical (unpaired) electrons. The molecule has 4 aliphatic rings. The molecule has 144 valence electrons. The number of hydrogen-bond acceptors (Lipinski definition) is 0. The molecule has 0 amide bonds. The summed E-state index contributed by atoms with van der Waals surface area (Å²) in [5, 5.41) is 0. The van der Waals surface area contributed by atoms with Crippen molar-refractivity contribution in [1.29, 1.82) is 0 Å². The number of fused-ring (bicyclic) bond motifs is 2. The van der Waals surface area contributed by atoms with Crippen LogP contribution in [0.25, 0.3) is 0 Å². The summed E-state index contributed by atoms with van der Waals surface area (Å²) >= 11 is -0.826. The van der Waals surface area contributed by atoms with Crippen LogP contribution in [-0.2, 0) is 20.8 Å². The van der Waals surface area contributed by atoms with E-state index in [1.165, 1.54) is 44.9 Å². The van der Waals surface area contributed by atoms with E-state index in [9.17, 15) is 0 Å². The summed E-state index contributed by atoms with van der Waals surface area (Å²) in [7, 11) is 9.87. The van der Waals surface area contributed by atoms with Gasteiger partial charge in [-0.2, -0.15) is 0 Å². The number of hydrogen-bond donors (Lipinski definition) is 0. The van der Waals surface area contributed by atoms with Crippen molar-refractivity contribution in [2.45, 2.75) is 44.9 Å². The topological polar surface area (TPSA) is 0 Å². The molecule has 0 nitrogen and oxygen atoms in total. The molecule has 2 saturated carbocycles. The number of halogens is 2. The molecule has 6 unspecified atom stereocenters. The average molecular weight is 473 g/mol. The van der Waals surface area contributed by atoms with Crippen LogP contribution in [-0.4, -0.2) is 0 Å². The quantitative estimate of drug-likeness (QED) is 0.364. The van der Waals surface area contributed by atoms with Crippen LogP contribution in [0.2, 0.25) is 0 Å². The molecule has 0 bridgehead atoms. The van der Waals surface area contributed by atoms with Crippen molar-refractivity contribution in [2.24, 2.45) is 35.5 Å². The van der Waals surface area contributed by atoms with Crippen LogP contribution in [0.15, 0.2) is 48.6 Å². The summed E-state index contributed by atoms with van der Waals surface area (Å²) in [5.74, 6) is 5.39. The molecule has 6 atom stereocenters. The van der Waals surface area contributed by atoms with E-state index < -0.39 is 20.8 Å². The first-order chi connectivity index (χ1) is 11.8. The van der Waals surface area contributed by atoms with Crippen molar-refractivity contribution < 1.29 is 20.8 Å². The normalized spacial score (nSPS) is 35.3. The van der Waals surface area contributed by atoms with Crippen molar-refractivity contribution in [1.82, 2.24) is 0 Å². The van der Waals surface area contributed by atoms with Gasteiger partial charge in [0.1, 0.15) is 0 Å². The van der Waals surface area contributed by atoms with Gasteiger partial charge >= 0.3 is 37.9 Å². The van der Waals surface area contributed by atoms with Gasteiger partial charge in [-0.1, -0.05) is 55.0 Å². The predicted octanol–water partition coefficient (Wildman–Crippen LogP) is 7.97. The van der Waals surface area contributed by atoms with Crippen LogP contribution in [0.4, 0.5) is 0 Å². The van der Waals surface area contributed by atoms with E-state index in [0.717, 1.165) is 35.5 Å². The predicted molar refractivity (Wildman–Crippen MR) is 114 cm³/mol. The second kappa shape index (κ2) is 12.8. The number of allylic oxidation sites excluding steroid dienone is 8. The second-order valence-electron chi connectivity index (χ2n) is 7.70. The third-order valence-corrected chi connectivity index (χ3v) is 6.57. The van der Waals surface area contributed by atoms with E-state index in [2.05, 4.69) is 48.6 Å². The Kier molecular flexibility index (Phi) is 12.0. The molecule has 0 saturated heterocycles. The molecule has 0 N–H and O–H groups in total. The van der Waals surface area contributed by atoms with Gasteiger partial charge in [0.25, 0.3) is 0 Å². The summed E-state index contributed by atoms with van der Waals surface area (Å²) < 4.78 is 0. The molecule has 4 aliphatic carbocycles. The molecule has 0 aromatic carbocycles. The van der Waals surface area contributed by atoms with Crippen LogP contribution in [0.3, 0.4) is 0 Å². The maximum atomic E-state index is 4.93. The molecule has 0 aromatic heterocycles. The molecular formula is C23H34Cl2Zr. The fraction of sp³-hybridized carbons (Fsp3) is 0.565. The van der Waals surface area contributed by atoms with Gasteiger partial charge in [-0.3, -0.25) is 0 Å². The molecule has 3 heteroatoms. The monoisotopic (exact) mass is 470 g/mol. The van der Waals surface area contributed by atoms with Crippen LogP contribution in [0.1, 0.15) is 44.9 Å². The number of rotatable bonds is 4. The second-order valence-corrected chi connectivity index (χ2v) is 11.4. The Hall–Kier alpha value is 0.423. The van der Waals surface area contributed by atoms with Crippen LogP contribution in [0, 0.1) is 50.4 Å². The molecule has 4 rings (SSSR count). The Bertz CT molecular complexity index is 464. The summed E-state index contributed by atoms with van der Waals surface area (Å²) in [6, 6.07) is 0. The minimum atomic E-state index is -0.826. The molecule has 0 aliphatic heterocycles. The molecular weight excluding hydrogens is 438 g/mol. The zero-order chi connectivity index (χ0) is 16.8. The summed E-state index contributed by atoms with van der Waals surface area (Å²) in [4.78, 5) is 0. The fourth-order valence-corrected chi connectivity index (χ4v) is 5.45. The van der Waals surface area contributed by atoms with Crippen molar-refractivity contribution in [3.8, 4) is 0 Å². The first-order valence-corrected chi connectivity index (χ1v) is 15.8. The standard InChI is InChI=1S/C21H28.2CH3.2ClH.Zr/c1-3-10-20-16(6-1)12-14-18(20)8-5-9-19-15-13-17-7-2-4-11-21(17)19;;;;;/h1-4,6-7,10-11,16-21H,5,8-9,12-15H2;2*1H3;2*1H;/q;2*-1;;;+4/p-2. The van der Waals surface area contributed by atoms with E-state index in [1.54, 1.807) is 0 Å². The Morgan fingerprint density at radius 1 is 0.654 bits per heavy atom. The first kappa shape index (κ1) is 24.5. The summed E-state index contributed by atoms with van der Waals surface area (Å²) in [6.07, 6.45) is 29.1. The summed E-state index contributed by atoms with van der Waals surface area (Å²) in [6.45, 7) is 0. The van der Waals surface area contributed by atoms with Crippen molar-refractivity contribution in [2.75, 3.05) is 0 Å². The van der Waals surface area contributed by atoms with E-state index in [1.807, 2.05) is 0 Å². The van der Waals surface area contributed by atoms with Crippen LogP contribution < -0.4 is 0 Å². The fourth-order valence-electron chi connectivity index (χ4n) is 5.45. The van der Waals surface area contributed by atoms with Gasteiger partial charge in [-0.15, -0.1) is 0 Å². The van der Waals surface area contributed by atoms with Crippen molar-refractivity contribution >= 4 is 17.0 Å².